The van der Waals surface area contributed by atoms with Crippen molar-refractivity contribution >= 4 is 71.8 Å². The monoisotopic (exact) mass is 1070 g/mol. The van der Waals surface area contributed by atoms with Crippen LogP contribution in [0.4, 0.5) is 0 Å². The van der Waals surface area contributed by atoms with Gasteiger partial charge in [0.25, 0.3) is 0 Å². The van der Waals surface area contributed by atoms with E-state index in [1.807, 2.05) is 13.8 Å². The largest absolute Gasteiger partial charge is 0.481 e. The Morgan fingerprint density at radius 2 is 1.00 bits per heavy atom. The first kappa shape index (κ1) is 64.4. The number of hydrogen-bond donors (Lipinski definition) is 15. The second-order valence-electron chi connectivity index (χ2n) is 18.5. The van der Waals surface area contributed by atoms with Crippen LogP contribution in [-0.2, 0) is 60.8 Å². The number of aliphatic hydroxyl groups excluding tert-OH is 1. The average molecular weight is 1070 g/mol. The van der Waals surface area contributed by atoms with Crippen LogP contribution in [0.15, 0.2) is 60.7 Å². The van der Waals surface area contributed by atoms with Crippen LogP contribution < -0.4 is 59.7 Å². The van der Waals surface area contributed by atoms with Gasteiger partial charge in [-0.15, -0.1) is 0 Å². The molecule has 0 saturated heterocycles. The summed E-state index contributed by atoms with van der Waals surface area (Å²) < 4.78 is 0. The molecule has 24 nitrogen and oxygen atoms in total. The highest BCUT2D eigenvalue weighted by Crippen LogP contribution is 2.12. The van der Waals surface area contributed by atoms with Crippen molar-refractivity contribution in [3.05, 3.63) is 71.8 Å². The van der Waals surface area contributed by atoms with Gasteiger partial charge in [0.2, 0.25) is 47.3 Å². The molecular formula is C50H77N11O13S. The number of nitrogens with one attached hydrogen (secondary N) is 8. The highest BCUT2D eigenvalue weighted by molar-refractivity contribution is 7.80. The van der Waals surface area contributed by atoms with E-state index in [4.69, 9.17) is 17.2 Å². The molecule has 0 aliphatic heterocycles. The molecule has 0 aromatic heterocycles. The number of hydrogen-bond acceptors (Lipinski definition) is 15. The second-order valence-corrected chi connectivity index (χ2v) is 18.9. The molecule has 0 bridgehead atoms. The summed E-state index contributed by atoms with van der Waals surface area (Å²) in [6.45, 7) is 4.72. The molecule has 17 N–H and O–H groups in total. The van der Waals surface area contributed by atoms with E-state index in [1.54, 1.807) is 60.7 Å². The Balaban J connectivity index is 2.26. The molecule has 0 saturated carbocycles. The van der Waals surface area contributed by atoms with Gasteiger partial charge in [0.1, 0.15) is 42.3 Å². The Morgan fingerprint density at radius 1 is 0.533 bits per heavy atom. The van der Waals surface area contributed by atoms with Crippen LogP contribution in [0.3, 0.4) is 0 Å². The zero-order valence-electron chi connectivity index (χ0n) is 42.8. The number of amides is 8. The Bertz CT molecular complexity index is 2170. The van der Waals surface area contributed by atoms with Crippen LogP contribution in [0.5, 0.6) is 0 Å². The van der Waals surface area contributed by atoms with E-state index in [1.165, 1.54) is 6.92 Å². The highest BCUT2D eigenvalue weighted by atomic mass is 32.1. The van der Waals surface area contributed by atoms with Crippen molar-refractivity contribution in [2.24, 2.45) is 23.1 Å². The molecular weight excluding hydrogens is 995 g/mol. The minimum atomic E-state index is -1.67. The van der Waals surface area contributed by atoms with Gasteiger partial charge in [-0.05, 0) is 82.0 Å². The van der Waals surface area contributed by atoms with Crippen LogP contribution >= 0.6 is 12.6 Å². The molecule has 25 heteroatoms. The van der Waals surface area contributed by atoms with Crippen molar-refractivity contribution in [2.45, 2.75) is 146 Å². The van der Waals surface area contributed by atoms with Crippen LogP contribution in [0.1, 0.15) is 89.7 Å². The number of thiol groups is 1. The molecule has 0 unspecified atom stereocenters. The van der Waals surface area contributed by atoms with E-state index in [2.05, 4.69) is 55.2 Å². The van der Waals surface area contributed by atoms with Crippen molar-refractivity contribution in [1.29, 1.82) is 0 Å². The quantitative estimate of drug-likeness (QED) is 0.0256. The molecule has 75 heavy (non-hydrogen) atoms. The molecule has 0 spiro atoms. The van der Waals surface area contributed by atoms with Crippen molar-refractivity contribution in [2.75, 3.05) is 25.4 Å². The number of benzene rings is 2. The maximum atomic E-state index is 14.2. The van der Waals surface area contributed by atoms with Gasteiger partial charge in [0.15, 0.2) is 0 Å². The van der Waals surface area contributed by atoms with E-state index >= 15 is 0 Å². The fourth-order valence-electron chi connectivity index (χ4n) is 7.50. The lowest BCUT2D eigenvalue weighted by atomic mass is 10.00. The maximum Gasteiger partial charge on any atom is 0.326 e. The number of carboxylic acid groups (broad SMARTS) is 2. The zero-order chi connectivity index (χ0) is 56.0. The summed E-state index contributed by atoms with van der Waals surface area (Å²) in [5.41, 5.74) is 18.7. The van der Waals surface area contributed by atoms with E-state index in [9.17, 15) is 63.3 Å². The van der Waals surface area contributed by atoms with Gasteiger partial charge in [-0.25, -0.2) is 4.79 Å². The van der Waals surface area contributed by atoms with Gasteiger partial charge in [-0.1, -0.05) is 80.9 Å². The highest BCUT2D eigenvalue weighted by Gasteiger charge is 2.35. The fraction of sp³-hybridized carbons (Fsp3) is 0.560. The summed E-state index contributed by atoms with van der Waals surface area (Å²) in [7, 11) is 0. The van der Waals surface area contributed by atoms with Crippen molar-refractivity contribution in [3.8, 4) is 0 Å². The van der Waals surface area contributed by atoms with Crippen LogP contribution in [-0.4, -0.2) is 154 Å². The minimum Gasteiger partial charge on any atom is -0.481 e. The van der Waals surface area contributed by atoms with E-state index in [-0.39, 0.29) is 43.9 Å². The molecule has 0 fully saturated rings. The fourth-order valence-corrected chi connectivity index (χ4v) is 7.75. The first-order chi connectivity index (χ1) is 35.6. The smallest absolute Gasteiger partial charge is 0.326 e. The number of aliphatic carboxylic acids is 2. The van der Waals surface area contributed by atoms with E-state index in [0.717, 1.165) is 0 Å². The zero-order valence-corrected chi connectivity index (χ0v) is 43.7. The summed E-state index contributed by atoms with van der Waals surface area (Å²) in [6.07, 6.45) is -0.261. The molecule has 8 amide bonds. The van der Waals surface area contributed by atoms with Crippen molar-refractivity contribution in [3.63, 3.8) is 0 Å². The topological polar surface area (TPSA) is 406 Å². The number of carbonyl (C=O) groups is 10. The number of carbonyl (C=O) groups excluding carboxylic acids is 8. The third kappa shape index (κ3) is 24.9. The number of nitrogens with two attached hydrogens (primary N) is 3. The van der Waals surface area contributed by atoms with Gasteiger partial charge < -0.3 is 75.1 Å². The molecule has 9 atom stereocenters. The molecule has 0 heterocycles. The molecule has 2 rings (SSSR count). The number of unbranched alkanes of at least 4 members (excludes halogenated alkanes) is 2. The Labute approximate surface area is 442 Å². The first-order valence-corrected chi connectivity index (χ1v) is 25.6. The van der Waals surface area contributed by atoms with Crippen molar-refractivity contribution < 1.29 is 63.3 Å². The Hall–Kier alpha value is -6.67. The Kier molecular flexibility index (Phi) is 29.9. The number of aliphatic hydroxyl groups is 1. The number of carboxylic acids is 2. The van der Waals surface area contributed by atoms with Crippen LogP contribution in [0, 0.1) is 5.92 Å². The lowest BCUT2D eigenvalue weighted by Gasteiger charge is -2.27. The van der Waals surface area contributed by atoms with Gasteiger partial charge in [0.05, 0.1) is 18.7 Å². The molecule has 0 aliphatic rings. The van der Waals surface area contributed by atoms with Crippen molar-refractivity contribution in [1.82, 2.24) is 42.5 Å². The maximum absolute atomic E-state index is 14.2. The normalized spacial score (nSPS) is 14.7. The summed E-state index contributed by atoms with van der Waals surface area (Å²) in [6, 6.07) is 6.29. The summed E-state index contributed by atoms with van der Waals surface area (Å²) >= 11 is 4.11. The predicted molar refractivity (Wildman–Crippen MR) is 280 cm³/mol. The number of rotatable bonds is 36. The lowest BCUT2D eigenvalue weighted by molar-refractivity contribution is -0.143. The van der Waals surface area contributed by atoms with E-state index in [0.29, 0.717) is 49.8 Å². The Morgan fingerprint density at radius 3 is 1.51 bits per heavy atom. The minimum absolute atomic E-state index is 0.0108. The third-order valence-corrected chi connectivity index (χ3v) is 12.0. The van der Waals surface area contributed by atoms with Crippen LogP contribution in [0.25, 0.3) is 0 Å². The van der Waals surface area contributed by atoms with Gasteiger partial charge in [0, 0.05) is 25.0 Å². The van der Waals surface area contributed by atoms with Gasteiger partial charge in [-0.3, -0.25) is 43.2 Å². The summed E-state index contributed by atoms with van der Waals surface area (Å²) in [5.74, 6) is -10.1. The lowest BCUT2D eigenvalue weighted by Crippen LogP contribution is -2.60. The summed E-state index contributed by atoms with van der Waals surface area (Å²) in [5, 5.41) is 49.5. The third-order valence-electron chi connectivity index (χ3n) is 11.6. The summed E-state index contributed by atoms with van der Waals surface area (Å²) in [4.78, 5) is 132. The molecule has 416 valence electrons. The second kappa shape index (κ2) is 34.7. The first-order valence-electron chi connectivity index (χ1n) is 25.0. The van der Waals surface area contributed by atoms with E-state index < -0.39 is 133 Å². The molecule has 2 aromatic carbocycles. The van der Waals surface area contributed by atoms with Gasteiger partial charge >= 0.3 is 11.9 Å². The van der Waals surface area contributed by atoms with Crippen LogP contribution in [0.2, 0.25) is 0 Å². The molecule has 0 radical (unpaired) electrons. The standard InChI is InChI=1S/C50H77N11O13S/c1-29(2)24-36(58-43(66)33(53)18-10-12-22-51)46(69)59-37(25-31-14-6-4-7-15-31)47(70)56-34(19-11-13-23-52)45(68)57-35(20-21-41(64)65)44(67)54-27-40(63)55-39(28-75)48(71)61-42(30(3)62)49(72)60-38(50(73)74)26-32-16-8-5-9-17-32/h4-9,14-17,29-30,33-39,42,62,75H,10-13,18-28,51-53H2,1-3H3,(H,54,67)(H,55,63)(H,56,70)(H,57,68)(H,58,66)(H,59,69)(H,60,72)(H,61,71)(H,64,65)(H,73,74)/t30-,33+,34+,35+,36+,37+,38+,39+,42+/m1/s1. The predicted octanol–water partition coefficient (Wildman–Crippen LogP) is -2.13. The van der Waals surface area contributed by atoms with Gasteiger partial charge in [-0.2, -0.15) is 12.6 Å². The molecule has 0 aliphatic carbocycles. The average Bonchev–Trinajstić information content (AvgIpc) is 3.36. The SMILES string of the molecule is CC(C)C[C@H](NC(=O)[C@@H](N)CCCCN)C(=O)N[C@@H](Cc1ccccc1)C(=O)N[C@@H](CCCCN)C(=O)N[C@@H](CCC(=O)O)C(=O)NCC(=O)N[C@@H](CS)C(=O)N[C@H](C(=O)N[C@@H](Cc1ccccc1)C(=O)O)[C@@H](C)O. The molecule has 2 aromatic rings.